The molecule has 0 spiro atoms. The lowest BCUT2D eigenvalue weighted by Gasteiger charge is -2.37. The van der Waals surface area contributed by atoms with E-state index in [9.17, 15) is 19.1 Å². The fourth-order valence-electron chi connectivity index (χ4n) is 4.42. The minimum absolute atomic E-state index is 0.180. The number of aromatic nitrogens is 1. The third-order valence-corrected chi connectivity index (χ3v) is 6.78. The number of nitrogens with zero attached hydrogens (tertiary/aromatic N) is 3. The van der Waals surface area contributed by atoms with Gasteiger partial charge in [0.25, 0.3) is 11.8 Å². The number of amides is 2. The molecule has 3 atom stereocenters. The molecule has 2 amide bonds. The quantitative estimate of drug-likeness (QED) is 0.543. The van der Waals surface area contributed by atoms with Gasteiger partial charge in [-0.1, -0.05) is 42.8 Å². The zero-order valence-electron chi connectivity index (χ0n) is 21.5. The van der Waals surface area contributed by atoms with E-state index >= 15 is 0 Å². The summed E-state index contributed by atoms with van der Waals surface area (Å²) < 4.78 is 20.0. The number of aliphatic hydroxyl groups excluding tert-OH is 1. The van der Waals surface area contributed by atoms with Crippen LogP contribution in [0.4, 0.5) is 4.39 Å². The van der Waals surface area contributed by atoms with Crippen LogP contribution in [0.5, 0.6) is 5.88 Å². The average Bonchev–Trinajstić information content (AvgIpc) is 2.90. The lowest BCUT2D eigenvalue weighted by atomic mass is 9.98. The van der Waals surface area contributed by atoms with Crippen LogP contribution in [0.25, 0.3) is 11.1 Å². The van der Waals surface area contributed by atoms with Crippen LogP contribution >= 0.6 is 0 Å². The number of hydrogen-bond acceptors (Lipinski definition) is 5. The van der Waals surface area contributed by atoms with Crippen LogP contribution in [-0.4, -0.2) is 70.6 Å². The Labute approximate surface area is 216 Å². The van der Waals surface area contributed by atoms with Crippen molar-refractivity contribution in [3.63, 3.8) is 0 Å². The Hall–Kier alpha value is -3.78. The van der Waals surface area contributed by atoms with E-state index < -0.39 is 18.0 Å². The maximum absolute atomic E-state index is 13.7. The Bertz CT molecular complexity index is 1280. The zero-order chi connectivity index (χ0) is 26.7. The molecule has 2 heterocycles. The van der Waals surface area contributed by atoms with Crippen molar-refractivity contribution in [2.24, 2.45) is 5.92 Å². The van der Waals surface area contributed by atoms with Gasteiger partial charge < -0.3 is 19.6 Å². The van der Waals surface area contributed by atoms with E-state index in [0.717, 1.165) is 16.7 Å². The Morgan fingerprint density at radius 3 is 2.62 bits per heavy atom. The standard InChI is InChI=1S/C29H32FN3O4/c1-18-8-10-21(11-9-18)23-13-25-27(31-14-23)37-26(19(2)15-33(29(25)36)20(3)17-34)16-32(4)28(35)22-6-5-7-24(30)12-22/h5-14,19-20,26,34H,15-17H2,1-4H3/t19-,20-,26+/m1/s1. The highest BCUT2D eigenvalue weighted by molar-refractivity contribution is 5.98. The molecular weight excluding hydrogens is 473 g/mol. The lowest BCUT2D eigenvalue weighted by molar-refractivity contribution is 0.0313. The van der Waals surface area contributed by atoms with Crippen molar-refractivity contribution in [3.8, 4) is 17.0 Å². The van der Waals surface area contributed by atoms with Gasteiger partial charge in [0.1, 0.15) is 17.5 Å². The first-order chi connectivity index (χ1) is 17.7. The third-order valence-electron chi connectivity index (χ3n) is 6.78. The van der Waals surface area contributed by atoms with Crippen molar-refractivity contribution >= 4 is 11.8 Å². The van der Waals surface area contributed by atoms with E-state index in [-0.39, 0.29) is 42.3 Å². The largest absolute Gasteiger partial charge is 0.472 e. The number of carbonyl (C=O) groups is 2. The van der Waals surface area contributed by atoms with Crippen LogP contribution in [0, 0.1) is 18.7 Å². The summed E-state index contributed by atoms with van der Waals surface area (Å²) in [7, 11) is 1.64. The van der Waals surface area contributed by atoms with E-state index in [2.05, 4.69) is 4.98 Å². The normalized spacial score (nSPS) is 18.3. The van der Waals surface area contributed by atoms with Crippen LogP contribution in [0.2, 0.25) is 0 Å². The molecule has 8 heteroatoms. The maximum atomic E-state index is 13.7. The highest BCUT2D eigenvalue weighted by Gasteiger charge is 2.35. The average molecular weight is 506 g/mol. The summed E-state index contributed by atoms with van der Waals surface area (Å²) in [6, 6.07) is 14.8. The van der Waals surface area contributed by atoms with E-state index in [4.69, 9.17) is 4.74 Å². The van der Waals surface area contributed by atoms with Gasteiger partial charge in [-0.3, -0.25) is 9.59 Å². The number of aryl methyl sites for hydroxylation is 1. The number of ether oxygens (including phenoxy) is 1. The number of rotatable bonds is 6. The molecule has 4 rings (SSSR count). The number of aliphatic hydroxyl groups is 1. The van der Waals surface area contributed by atoms with Gasteiger partial charge in [-0.15, -0.1) is 0 Å². The van der Waals surface area contributed by atoms with Crippen LogP contribution in [-0.2, 0) is 0 Å². The monoisotopic (exact) mass is 505 g/mol. The number of likely N-dealkylation sites (N-methyl/N-ethyl adjacent to an activating group) is 1. The van der Waals surface area contributed by atoms with Crippen LogP contribution < -0.4 is 4.74 Å². The lowest BCUT2D eigenvalue weighted by Crippen LogP contribution is -2.50. The number of pyridine rings is 1. The van der Waals surface area contributed by atoms with Crippen LogP contribution in [0.15, 0.2) is 60.8 Å². The highest BCUT2D eigenvalue weighted by Crippen LogP contribution is 2.30. The molecule has 0 aliphatic carbocycles. The van der Waals surface area contributed by atoms with E-state index in [1.54, 1.807) is 37.2 Å². The minimum atomic E-state index is -0.500. The van der Waals surface area contributed by atoms with Gasteiger partial charge in [0, 0.05) is 36.8 Å². The van der Waals surface area contributed by atoms with Gasteiger partial charge >= 0.3 is 0 Å². The van der Waals surface area contributed by atoms with Gasteiger partial charge in [0.15, 0.2) is 0 Å². The molecule has 0 fully saturated rings. The van der Waals surface area contributed by atoms with Gasteiger partial charge in [-0.25, -0.2) is 9.37 Å². The molecule has 1 aromatic heterocycles. The van der Waals surface area contributed by atoms with E-state index in [1.165, 1.54) is 23.1 Å². The molecule has 1 aliphatic rings. The fourth-order valence-corrected chi connectivity index (χ4v) is 4.42. The Balaban J connectivity index is 1.68. The molecule has 0 saturated carbocycles. The number of hydrogen-bond donors (Lipinski definition) is 1. The molecule has 0 unspecified atom stereocenters. The zero-order valence-corrected chi connectivity index (χ0v) is 21.5. The SMILES string of the molecule is Cc1ccc(-c2cnc3c(c2)C(=O)N([C@H](C)CO)C[C@@H](C)[C@H](CN(C)C(=O)c2cccc(F)c2)O3)cc1. The second-order valence-corrected chi connectivity index (χ2v) is 9.76. The number of fused-ring (bicyclic) bond motifs is 1. The molecular formula is C29H32FN3O4. The molecule has 1 N–H and O–H groups in total. The minimum Gasteiger partial charge on any atom is -0.472 e. The number of carbonyl (C=O) groups excluding carboxylic acids is 2. The predicted molar refractivity (Wildman–Crippen MR) is 139 cm³/mol. The van der Waals surface area contributed by atoms with Crippen molar-refractivity contribution < 1.29 is 23.8 Å². The summed E-state index contributed by atoms with van der Waals surface area (Å²) in [6.45, 7) is 6.06. The molecule has 2 aromatic carbocycles. The summed E-state index contributed by atoms with van der Waals surface area (Å²) in [5.74, 6) is -1.10. The first-order valence-electron chi connectivity index (χ1n) is 12.3. The van der Waals surface area contributed by atoms with Crippen molar-refractivity contribution in [2.45, 2.75) is 32.9 Å². The summed E-state index contributed by atoms with van der Waals surface area (Å²) in [5, 5.41) is 9.87. The number of halogens is 1. The van der Waals surface area contributed by atoms with Gasteiger partial charge in [0.05, 0.1) is 19.2 Å². The Morgan fingerprint density at radius 1 is 1.22 bits per heavy atom. The molecule has 0 radical (unpaired) electrons. The molecule has 7 nitrogen and oxygen atoms in total. The summed E-state index contributed by atoms with van der Waals surface area (Å²) >= 11 is 0. The van der Waals surface area contributed by atoms with Crippen molar-refractivity contribution in [1.82, 2.24) is 14.8 Å². The first kappa shape index (κ1) is 26.3. The van der Waals surface area contributed by atoms with Crippen molar-refractivity contribution in [1.29, 1.82) is 0 Å². The summed E-state index contributed by atoms with van der Waals surface area (Å²) in [4.78, 5) is 34.2. The topological polar surface area (TPSA) is 83.0 Å². The molecule has 3 aromatic rings. The third kappa shape index (κ3) is 5.80. The number of benzene rings is 2. The summed E-state index contributed by atoms with van der Waals surface area (Å²) in [5.41, 5.74) is 3.36. The van der Waals surface area contributed by atoms with Gasteiger partial charge in [-0.05, 0) is 43.7 Å². The second kappa shape index (κ2) is 11.1. The predicted octanol–water partition coefficient (Wildman–Crippen LogP) is 4.19. The Kier molecular flexibility index (Phi) is 7.88. The molecule has 0 bridgehead atoms. The van der Waals surface area contributed by atoms with Gasteiger partial charge in [0.2, 0.25) is 5.88 Å². The van der Waals surface area contributed by atoms with E-state index in [1.807, 2.05) is 38.1 Å². The Morgan fingerprint density at radius 2 is 1.95 bits per heavy atom. The van der Waals surface area contributed by atoms with Crippen molar-refractivity contribution in [2.75, 3.05) is 26.7 Å². The van der Waals surface area contributed by atoms with E-state index in [0.29, 0.717) is 12.1 Å². The molecule has 194 valence electrons. The second-order valence-electron chi connectivity index (χ2n) is 9.76. The van der Waals surface area contributed by atoms with Crippen LogP contribution in [0.1, 0.15) is 40.1 Å². The molecule has 1 aliphatic heterocycles. The molecule has 37 heavy (non-hydrogen) atoms. The van der Waals surface area contributed by atoms with Crippen LogP contribution in [0.3, 0.4) is 0 Å². The highest BCUT2D eigenvalue weighted by atomic mass is 19.1. The smallest absolute Gasteiger partial charge is 0.259 e. The summed E-state index contributed by atoms with van der Waals surface area (Å²) in [6.07, 6.45) is 1.17. The molecule has 0 saturated heterocycles. The maximum Gasteiger partial charge on any atom is 0.259 e. The van der Waals surface area contributed by atoms with Crippen molar-refractivity contribution in [3.05, 3.63) is 83.3 Å². The first-order valence-corrected chi connectivity index (χ1v) is 12.3. The fraction of sp³-hybridized carbons (Fsp3) is 0.345. The van der Waals surface area contributed by atoms with Gasteiger partial charge in [-0.2, -0.15) is 0 Å².